The highest BCUT2D eigenvalue weighted by Gasteiger charge is 2.27. The minimum Gasteiger partial charge on any atom is -0.304 e. The molecule has 17 heavy (non-hydrogen) atoms. The average Bonchev–Trinajstić information content (AvgIpc) is 2.36. The zero-order valence-electron chi connectivity index (χ0n) is 11.5. The molecule has 1 atom stereocenters. The highest BCUT2D eigenvalue weighted by molar-refractivity contribution is 5.24. The second-order valence-corrected chi connectivity index (χ2v) is 4.62. The summed E-state index contributed by atoms with van der Waals surface area (Å²) < 4.78 is 13.7. The summed E-state index contributed by atoms with van der Waals surface area (Å²) in [6, 6.07) is 0.00343. The van der Waals surface area contributed by atoms with Crippen molar-refractivity contribution in [2.75, 3.05) is 33.2 Å². The molecule has 98 valence electrons. The number of rotatable bonds is 1. The van der Waals surface area contributed by atoms with Crippen molar-refractivity contribution in [3.8, 4) is 0 Å². The van der Waals surface area contributed by atoms with Gasteiger partial charge >= 0.3 is 0 Å². The molecule has 1 saturated heterocycles. The molecule has 0 saturated carbocycles. The number of likely N-dealkylation sites (N-methyl/N-ethyl adjacent to an activating group) is 1. The summed E-state index contributed by atoms with van der Waals surface area (Å²) in [4.78, 5) is 4.56. The molecular formula is C14H25FN2. The quantitative estimate of drug-likeness (QED) is 0.695. The van der Waals surface area contributed by atoms with E-state index < -0.39 is 0 Å². The van der Waals surface area contributed by atoms with Crippen LogP contribution in [0.15, 0.2) is 23.6 Å². The predicted molar refractivity (Wildman–Crippen MR) is 71.8 cm³/mol. The van der Waals surface area contributed by atoms with Crippen LogP contribution >= 0.6 is 0 Å². The first-order valence-electron chi connectivity index (χ1n) is 6.62. The van der Waals surface area contributed by atoms with Gasteiger partial charge in [0.1, 0.15) is 5.83 Å². The minimum atomic E-state index is 0.00343. The molecule has 0 aromatic carbocycles. The van der Waals surface area contributed by atoms with E-state index in [1.165, 1.54) is 5.57 Å². The Morgan fingerprint density at radius 1 is 1.12 bits per heavy atom. The maximum Gasteiger partial charge on any atom is 0.117 e. The summed E-state index contributed by atoms with van der Waals surface area (Å²) in [5.74, 6) is 0.0325. The molecule has 1 aliphatic heterocycles. The summed E-state index contributed by atoms with van der Waals surface area (Å²) >= 11 is 0. The fourth-order valence-electron chi connectivity index (χ4n) is 2.24. The van der Waals surface area contributed by atoms with Crippen molar-refractivity contribution in [3.05, 3.63) is 23.6 Å². The Kier molecular flexibility index (Phi) is 5.86. The number of nitrogens with zero attached hydrogens (tertiary/aromatic N) is 2. The lowest BCUT2D eigenvalue weighted by Gasteiger charge is -2.38. The van der Waals surface area contributed by atoms with Gasteiger partial charge in [0.2, 0.25) is 0 Å². The Bertz CT molecular complexity index is 289. The van der Waals surface area contributed by atoms with Gasteiger partial charge in [0, 0.05) is 26.2 Å². The lowest BCUT2D eigenvalue weighted by Crippen LogP contribution is -2.49. The molecular weight excluding hydrogens is 215 g/mol. The van der Waals surface area contributed by atoms with Gasteiger partial charge in [-0.3, -0.25) is 4.90 Å². The Hall–Kier alpha value is -0.670. The van der Waals surface area contributed by atoms with Gasteiger partial charge in [-0.05, 0) is 26.5 Å². The fourth-order valence-corrected chi connectivity index (χ4v) is 2.24. The van der Waals surface area contributed by atoms with Crippen LogP contribution in [-0.2, 0) is 0 Å². The van der Waals surface area contributed by atoms with Crippen LogP contribution in [0.1, 0.15) is 27.2 Å². The molecule has 0 radical (unpaired) electrons. The number of hydrogen-bond acceptors (Lipinski definition) is 2. The van der Waals surface area contributed by atoms with Gasteiger partial charge in [-0.2, -0.15) is 0 Å². The fraction of sp³-hybridized carbons (Fsp3) is 0.714. The third-order valence-electron chi connectivity index (χ3n) is 3.34. The maximum absolute atomic E-state index is 13.7. The number of hydrogen-bond donors (Lipinski definition) is 0. The van der Waals surface area contributed by atoms with Gasteiger partial charge in [0.15, 0.2) is 0 Å². The first kappa shape index (κ1) is 14.4. The maximum atomic E-state index is 13.7. The molecule has 0 spiro atoms. The summed E-state index contributed by atoms with van der Waals surface area (Å²) in [7, 11) is 2.12. The summed E-state index contributed by atoms with van der Waals surface area (Å²) in [6.07, 6.45) is 4.37. The second-order valence-electron chi connectivity index (χ2n) is 4.62. The molecule has 0 aromatic rings. The summed E-state index contributed by atoms with van der Waals surface area (Å²) in [5.41, 5.74) is 1.28. The first-order valence-corrected chi connectivity index (χ1v) is 6.62. The Balaban J connectivity index is 0.000000686. The minimum absolute atomic E-state index is 0.00343. The van der Waals surface area contributed by atoms with E-state index in [-0.39, 0.29) is 11.9 Å². The average molecular weight is 240 g/mol. The van der Waals surface area contributed by atoms with E-state index >= 15 is 0 Å². The zero-order valence-corrected chi connectivity index (χ0v) is 11.5. The van der Waals surface area contributed by atoms with Gasteiger partial charge in [-0.25, -0.2) is 4.39 Å². The van der Waals surface area contributed by atoms with Crippen molar-refractivity contribution in [1.29, 1.82) is 0 Å². The monoisotopic (exact) mass is 240 g/mol. The number of allylic oxidation sites excluding steroid dienone is 2. The van der Waals surface area contributed by atoms with Gasteiger partial charge in [0.05, 0.1) is 6.04 Å². The van der Waals surface area contributed by atoms with E-state index in [1.807, 2.05) is 19.9 Å². The zero-order chi connectivity index (χ0) is 12.8. The summed E-state index contributed by atoms with van der Waals surface area (Å²) in [6.45, 7) is 10.1. The van der Waals surface area contributed by atoms with Crippen LogP contribution in [0, 0.1) is 0 Å². The summed E-state index contributed by atoms with van der Waals surface area (Å²) in [5, 5.41) is 0. The topological polar surface area (TPSA) is 6.48 Å². The van der Waals surface area contributed by atoms with E-state index in [9.17, 15) is 4.39 Å². The Morgan fingerprint density at radius 2 is 1.71 bits per heavy atom. The lowest BCUT2D eigenvalue weighted by molar-refractivity contribution is 0.114. The van der Waals surface area contributed by atoms with Crippen molar-refractivity contribution < 1.29 is 4.39 Å². The molecule has 0 bridgehead atoms. The smallest absolute Gasteiger partial charge is 0.117 e. The Labute approximate surface area is 105 Å². The van der Waals surface area contributed by atoms with Gasteiger partial charge < -0.3 is 4.90 Å². The van der Waals surface area contributed by atoms with Crippen molar-refractivity contribution in [2.45, 2.75) is 33.2 Å². The van der Waals surface area contributed by atoms with E-state index in [2.05, 4.69) is 23.8 Å². The first-order chi connectivity index (χ1) is 8.16. The predicted octanol–water partition coefficient (Wildman–Crippen LogP) is 2.83. The van der Waals surface area contributed by atoms with E-state index in [0.717, 1.165) is 32.6 Å². The molecule has 2 rings (SSSR count). The second kappa shape index (κ2) is 6.92. The van der Waals surface area contributed by atoms with Crippen molar-refractivity contribution in [3.63, 3.8) is 0 Å². The largest absolute Gasteiger partial charge is 0.304 e. The Morgan fingerprint density at radius 3 is 2.29 bits per heavy atom. The molecule has 1 heterocycles. The van der Waals surface area contributed by atoms with Crippen LogP contribution in [-0.4, -0.2) is 49.1 Å². The number of piperazine rings is 1. The third kappa shape index (κ3) is 3.93. The van der Waals surface area contributed by atoms with Crippen LogP contribution < -0.4 is 0 Å². The molecule has 1 aliphatic carbocycles. The van der Waals surface area contributed by atoms with Crippen LogP contribution in [0.25, 0.3) is 0 Å². The van der Waals surface area contributed by atoms with Crippen LogP contribution in [0.5, 0.6) is 0 Å². The third-order valence-corrected chi connectivity index (χ3v) is 3.34. The van der Waals surface area contributed by atoms with Gasteiger partial charge in [-0.15, -0.1) is 0 Å². The SMILES string of the molecule is CC.CC1=CC=C(F)C(N2CCN(C)CC2)C1. The van der Waals surface area contributed by atoms with Crippen LogP contribution in [0.3, 0.4) is 0 Å². The highest BCUT2D eigenvalue weighted by atomic mass is 19.1. The van der Waals surface area contributed by atoms with Gasteiger partial charge in [-0.1, -0.05) is 25.5 Å². The lowest BCUT2D eigenvalue weighted by atomic mass is 9.99. The van der Waals surface area contributed by atoms with Crippen LogP contribution in [0.2, 0.25) is 0 Å². The van der Waals surface area contributed by atoms with Crippen molar-refractivity contribution in [2.24, 2.45) is 0 Å². The molecule has 3 heteroatoms. The molecule has 0 amide bonds. The van der Waals surface area contributed by atoms with Crippen molar-refractivity contribution >= 4 is 0 Å². The normalized spacial score (nSPS) is 26.8. The van der Waals surface area contributed by atoms with E-state index in [0.29, 0.717) is 0 Å². The molecule has 2 nitrogen and oxygen atoms in total. The molecule has 2 aliphatic rings. The standard InChI is InChI=1S/C12H19FN2.C2H6/c1-10-3-4-11(13)12(9-10)15-7-5-14(2)6-8-15;1-2/h3-4,12H,5-9H2,1-2H3;1-2H3. The van der Waals surface area contributed by atoms with E-state index in [1.54, 1.807) is 6.08 Å². The molecule has 0 aromatic heterocycles. The van der Waals surface area contributed by atoms with Crippen LogP contribution in [0.4, 0.5) is 4.39 Å². The van der Waals surface area contributed by atoms with Gasteiger partial charge in [0.25, 0.3) is 0 Å². The molecule has 1 fully saturated rings. The molecule has 0 N–H and O–H groups in total. The number of halogens is 1. The highest BCUT2D eigenvalue weighted by Crippen LogP contribution is 2.25. The molecule has 1 unspecified atom stereocenters. The van der Waals surface area contributed by atoms with Crippen molar-refractivity contribution in [1.82, 2.24) is 9.80 Å². The van der Waals surface area contributed by atoms with E-state index in [4.69, 9.17) is 0 Å².